The second-order valence-electron chi connectivity index (χ2n) is 6.45. The molecule has 1 aromatic carbocycles. The van der Waals surface area contributed by atoms with Crippen LogP contribution in [0.3, 0.4) is 0 Å². The number of piperazine rings is 1. The maximum absolute atomic E-state index is 13.1. The summed E-state index contributed by atoms with van der Waals surface area (Å²) in [5.74, 6) is 2.35. The minimum absolute atomic E-state index is 0.105. The van der Waals surface area contributed by atoms with Gasteiger partial charge in [-0.05, 0) is 12.1 Å². The molecule has 0 saturated carbocycles. The Morgan fingerprint density at radius 1 is 0.800 bits per heavy atom. The van der Waals surface area contributed by atoms with Gasteiger partial charge in [-0.15, -0.1) is 0 Å². The number of rotatable bonds is 7. The maximum Gasteiger partial charge on any atom is 0.321 e. The third-order valence-electron chi connectivity index (χ3n) is 4.86. The van der Waals surface area contributed by atoms with Gasteiger partial charge in [0.2, 0.25) is 11.6 Å². The van der Waals surface area contributed by atoms with E-state index in [1.807, 2.05) is 0 Å². The van der Waals surface area contributed by atoms with Crippen LogP contribution in [0.25, 0.3) is 0 Å². The molecule has 30 heavy (non-hydrogen) atoms. The van der Waals surface area contributed by atoms with Crippen molar-refractivity contribution >= 4 is 11.7 Å². The van der Waals surface area contributed by atoms with E-state index in [0.29, 0.717) is 60.7 Å². The van der Waals surface area contributed by atoms with Crippen LogP contribution >= 0.6 is 0 Å². The number of aromatic nitrogens is 2. The number of carbonyl (C=O) groups excluding carboxylic acids is 1. The molecule has 0 spiro atoms. The van der Waals surface area contributed by atoms with Crippen LogP contribution in [0.1, 0.15) is 10.4 Å². The van der Waals surface area contributed by atoms with Gasteiger partial charge in [0.25, 0.3) is 5.91 Å². The van der Waals surface area contributed by atoms with E-state index in [-0.39, 0.29) is 11.9 Å². The third kappa shape index (κ3) is 4.27. The molecule has 0 bridgehead atoms. The van der Waals surface area contributed by atoms with Crippen LogP contribution in [0.5, 0.6) is 29.1 Å². The quantitative estimate of drug-likeness (QED) is 0.662. The average Bonchev–Trinajstić information content (AvgIpc) is 2.82. The van der Waals surface area contributed by atoms with E-state index in [1.54, 1.807) is 30.2 Å². The predicted molar refractivity (Wildman–Crippen MR) is 109 cm³/mol. The lowest BCUT2D eigenvalue weighted by atomic mass is 10.1. The molecule has 1 saturated heterocycles. The molecule has 1 fully saturated rings. The standard InChI is InChI=1S/C20H26N4O6/c1-26-14-10-13(11-15(27-2)18(14)29-4)19(25)24-8-6-23(7-9-24)16-12-17(28-3)22-20(21-16)30-5/h10-12H,6-9H2,1-5H3. The van der Waals surface area contributed by atoms with E-state index < -0.39 is 0 Å². The molecule has 1 aliphatic heterocycles. The number of anilines is 1. The zero-order valence-electron chi connectivity index (χ0n) is 17.8. The van der Waals surface area contributed by atoms with E-state index in [2.05, 4.69) is 14.9 Å². The Morgan fingerprint density at radius 2 is 1.43 bits per heavy atom. The smallest absolute Gasteiger partial charge is 0.321 e. The number of carbonyl (C=O) groups is 1. The summed E-state index contributed by atoms with van der Waals surface area (Å²) >= 11 is 0. The summed E-state index contributed by atoms with van der Waals surface area (Å²) in [7, 11) is 7.62. The van der Waals surface area contributed by atoms with E-state index in [0.717, 1.165) is 0 Å². The fraction of sp³-hybridized carbons (Fsp3) is 0.450. The lowest BCUT2D eigenvalue weighted by Gasteiger charge is -2.35. The molecular formula is C20H26N4O6. The first-order valence-electron chi connectivity index (χ1n) is 9.35. The molecule has 1 amide bonds. The van der Waals surface area contributed by atoms with Gasteiger partial charge in [0.05, 0.1) is 35.5 Å². The number of nitrogens with zero attached hydrogens (tertiary/aromatic N) is 4. The largest absolute Gasteiger partial charge is 0.493 e. The SMILES string of the molecule is COc1cc(N2CCN(C(=O)c3cc(OC)c(OC)c(OC)c3)CC2)nc(OC)n1. The molecule has 0 radical (unpaired) electrons. The fourth-order valence-electron chi connectivity index (χ4n) is 3.28. The highest BCUT2D eigenvalue weighted by atomic mass is 16.5. The van der Waals surface area contributed by atoms with Crippen molar-refractivity contribution in [3.05, 3.63) is 23.8 Å². The highest BCUT2D eigenvalue weighted by molar-refractivity contribution is 5.95. The van der Waals surface area contributed by atoms with Crippen LogP contribution in [0.4, 0.5) is 5.82 Å². The Bertz CT molecular complexity index is 852. The normalized spacial score (nSPS) is 13.6. The molecule has 0 N–H and O–H groups in total. The number of benzene rings is 1. The van der Waals surface area contributed by atoms with Crippen molar-refractivity contribution in [2.75, 3.05) is 66.6 Å². The van der Waals surface area contributed by atoms with E-state index in [1.165, 1.54) is 28.4 Å². The van der Waals surface area contributed by atoms with Crippen molar-refractivity contribution in [3.63, 3.8) is 0 Å². The maximum atomic E-state index is 13.1. The second kappa shape index (κ2) is 9.38. The molecule has 162 valence electrons. The van der Waals surface area contributed by atoms with Gasteiger partial charge in [-0.3, -0.25) is 4.79 Å². The molecular weight excluding hydrogens is 392 g/mol. The number of methoxy groups -OCH3 is 5. The van der Waals surface area contributed by atoms with E-state index >= 15 is 0 Å². The minimum Gasteiger partial charge on any atom is -0.493 e. The highest BCUT2D eigenvalue weighted by Crippen LogP contribution is 2.38. The lowest BCUT2D eigenvalue weighted by molar-refractivity contribution is 0.0745. The first-order valence-corrected chi connectivity index (χ1v) is 9.35. The number of ether oxygens (including phenoxy) is 5. The van der Waals surface area contributed by atoms with Crippen molar-refractivity contribution in [2.45, 2.75) is 0 Å². The van der Waals surface area contributed by atoms with Crippen LogP contribution in [-0.4, -0.2) is 82.5 Å². The van der Waals surface area contributed by atoms with Gasteiger partial charge >= 0.3 is 6.01 Å². The molecule has 1 aliphatic rings. The summed E-state index contributed by atoms with van der Waals surface area (Å²) in [5, 5.41) is 0. The zero-order valence-corrected chi connectivity index (χ0v) is 17.8. The third-order valence-corrected chi connectivity index (χ3v) is 4.86. The lowest BCUT2D eigenvalue weighted by Crippen LogP contribution is -2.49. The van der Waals surface area contributed by atoms with Crippen LogP contribution in [0.15, 0.2) is 18.2 Å². The van der Waals surface area contributed by atoms with Gasteiger partial charge in [-0.25, -0.2) is 0 Å². The summed E-state index contributed by atoms with van der Waals surface area (Å²) in [5.41, 5.74) is 0.475. The summed E-state index contributed by atoms with van der Waals surface area (Å²) in [6.07, 6.45) is 0. The van der Waals surface area contributed by atoms with Gasteiger partial charge in [-0.2, -0.15) is 9.97 Å². The molecule has 10 nitrogen and oxygen atoms in total. The Kier molecular flexibility index (Phi) is 6.65. The molecule has 0 aliphatic carbocycles. The molecule has 10 heteroatoms. The van der Waals surface area contributed by atoms with Crippen molar-refractivity contribution in [2.24, 2.45) is 0 Å². The first-order chi connectivity index (χ1) is 14.5. The molecule has 2 aromatic rings. The van der Waals surface area contributed by atoms with Crippen molar-refractivity contribution in [3.8, 4) is 29.1 Å². The van der Waals surface area contributed by atoms with E-state index in [4.69, 9.17) is 23.7 Å². The molecule has 0 unspecified atom stereocenters. The summed E-state index contributed by atoms with van der Waals surface area (Å²) in [6.45, 7) is 2.28. The highest BCUT2D eigenvalue weighted by Gasteiger charge is 2.26. The average molecular weight is 418 g/mol. The van der Waals surface area contributed by atoms with Gasteiger partial charge in [0.1, 0.15) is 5.82 Å². The van der Waals surface area contributed by atoms with Crippen molar-refractivity contribution in [1.29, 1.82) is 0 Å². The first kappa shape index (κ1) is 21.3. The van der Waals surface area contributed by atoms with E-state index in [9.17, 15) is 4.79 Å². The summed E-state index contributed by atoms with van der Waals surface area (Å²) in [4.78, 5) is 25.4. The minimum atomic E-state index is -0.105. The van der Waals surface area contributed by atoms with Gasteiger partial charge in [0, 0.05) is 37.8 Å². The fourth-order valence-corrected chi connectivity index (χ4v) is 3.28. The number of hydrogen-bond acceptors (Lipinski definition) is 9. The molecule has 3 rings (SSSR count). The van der Waals surface area contributed by atoms with Crippen LogP contribution in [0, 0.1) is 0 Å². The Hall–Kier alpha value is -3.43. The van der Waals surface area contributed by atoms with Gasteiger partial charge in [-0.1, -0.05) is 0 Å². The summed E-state index contributed by atoms with van der Waals surface area (Å²) < 4.78 is 26.4. The number of amides is 1. The van der Waals surface area contributed by atoms with Crippen LogP contribution < -0.4 is 28.6 Å². The van der Waals surface area contributed by atoms with Gasteiger partial charge in [0.15, 0.2) is 11.5 Å². The Balaban J connectivity index is 1.75. The van der Waals surface area contributed by atoms with Crippen LogP contribution in [0.2, 0.25) is 0 Å². The van der Waals surface area contributed by atoms with Crippen molar-refractivity contribution in [1.82, 2.24) is 14.9 Å². The van der Waals surface area contributed by atoms with Gasteiger partial charge < -0.3 is 33.5 Å². The molecule has 2 heterocycles. The van der Waals surface area contributed by atoms with Crippen molar-refractivity contribution < 1.29 is 28.5 Å². The predicted octanol–water partition coefficient (Wildman–Crippen LogP) is 1.48. The Labute approximate surface area is 175 Å². The Morgan fingerprint density at radius 3 is 1.93 bits per heavy atom. The second-order valence-corrected chi connectivity index (χ2v) is 6.45. The van der Waals surface area contributed by atoms with Crippen LogP contribution in [-0.2, 0) is 0 Å². The topological polar surface area (TPSA) is 95.5 Å². The monoisotopic (exact) mass is 418 g/mol. The number of hydrogen-bond donors (Lipinski definition) is 0. The molecule has 0 atom stereocenters. The summed E-state index contributed by atoms with van der Waals surface area (Å²) in [6, 6.07) is 5.31. The zero-order chi connectivity index (χ0) is 21.7. The molecule has 1 aromatic heterocycles.